The fourth-order valence-electron chi connectivity index (χ4n) is 2.24. The summed E-state index contributed by atoms with van der Waals surface area (Å²) in [6.07, 6.45) is -2.40. The van der Waals surface area contributed by atoms with Gasteiger partial charge in [0.05, 0.1) is 6.61 Å². The van der Waals surface area contributed by atoms with Crippen LogP contribution in [0.15, 0.2) is 12.1 Å². The summed E-state index contributed by atoms with van der Waals surface area (Å²) in [6.45, 7) is 1.77. The average Bonchev–Trinajstić information content (AvgIpc) is 2.90. The first-order valence-electron chi connectivity index (χ1n) is 6.51. The van der Waals surface area contributed by atoms with Crippen LogP contribution < -0.4 is 10.2 Å². The van der Waals surface area contributed by atoms with E-state index in [4.69, 9.17) is 5.11 Å². The number of rotatable bonds is 5. The fourth-order valence-corrected chi connectivity index (χ4v) is 2.24. The molecule has 2 rings (SSSR count). The Kier molecular flexibility index (Phi) is 4.77. The van der Waals surface area contributed by atoms with Crippen LogP contribution in [0.1, 0.15) is 18.5 Å². The van der Waals surface area contributed by atoms with Crippen molar-refractivity contribution in [3.63, 3.8) is 0 Å². The van der Waals surface area contributed by atoms with Gasteiger partial charge in [-0.15, -0.1) is 10.2 Å². The Balaban J connectivity index is 2.08. The van der Waals surface area contributed by atoms with Crippen molar-refractivity contribution in [2.45, 2.75) is 25.1 Å². The molecular weight excluding hydrogens is 273 g/mol. The van der Waals surface area contributed by atoms with E-state index in [9.17, 15) is 13.2 Å². The van der Waals surface area contributed by atoms with Gasteiger partial charge < -0.3 is 15.3 Å². The first-order chi connectivity index (χ1) is 9.50. The number of alkyl halides is 3. The van der Waals surface area contributed by atoms with E-state index in [1.54, 1.807) is 4.90 Å². The van der Waals surface area contributed by atoms with Crippen molar-refractivity contribution in [3.8, 4) is 0 Å². The van der Waals surface area contributed by atoms with Gasteiger partial charge in [0.2, 0.25) is 0 Å². The van der Waals surface area contributed by atoms with Crippen molar-refractivity contribution in [1.82, 2.24) is 15.5 Å². The van der Waals surface area contributed by atoms with Gasteiger partial charge in [0.1, 0.15) is 0 Å². The van der Waals surface area contributed by atoms with E-state index < -0.39 is 11.9 Å². The van der Waals surface area contributed by atoms with Gasteiger partial charge in [-0.05, 0) is 31.5 Å². The van der Waals surface area contributed by atoms with E-state index in [0.29, 0.717) is 18.9 Å². The van der Waals surface area contributed by atoms with Crippen molar-refractivity contribution in [2.75, 3.05) is 31.1 Å². The van der Waals surface area contributed by atoms with Crippen LogP contribution in [0, 0.1) is 0 Å². The molecule has 1 fully saturated rings. The minimum Gasteiger partial charge on any atom is -0.395 e. The molecule has 1 aromatic rings. The van der Waals surface area contributed by atoms with Crippen molar-refractivity contribution < 1.29 is 18.3 Å². The Morgan fingerprint density at radius 3 is 2.65 bits per heavy atom. The van der Waals surface area contributed by atoms with E-state index in [0.717, 1.165) is 25.5 Å². The molecule has 0 saturated carbocycles. The molecule has 0 aliphatic carbocycles. The SMILES string of the molecule is OCCN(CC1CCCN1)c1ccc(C(F)(F)F)nn1. The topological polar surface area (TPSA) is 61.3 Å². The number of anilines is 1. The molecule has 112 valence electrons. The number of hydrogen-bond acceptors (Lipinski definition) is 5. The number of nitrogens with zero attached hydrogens (tertiary/aromatic N) is 3. The molecule has 1 saturated heterocycles. The summed E-state index contributed by atoms with van der Waals surface area (Å²) >= 11 is 0. The van der Waals surface area contributed by atoms with Gasteiger partial charge in [0.15, 0.2) is 11.5 Å². The molecule has 5 nitrogen and oxygen atoms in total. The molecule has 1 unspecified atom stereocenters. The van der Waals surface area contributed by atoms with E-state index in [1.165, 1.54) is 6.07 Å². The first-order valence-corrected chi connectivity index (χ1v) is 6.51. The van der Waals surface area contributed by atoms with Gasteiger partial charge in [0.25, 0.3) is 0 Å². The molecule has 2 N–H and O–H groups in total. The summed E-state index contributed by atoms with van der Waals surface area (Å²) in [5.74, 6) is 0.348. The number of aliphatic hydroxyl groups is 1. The average molecular weight is 290 g/mol. The van der Waals surface area contributed by atoms with E-state index >= 15 is 0 Å². The molecule has 20 heavy (non-hydrogen) atoms. The van der Waals surface area contributed by atoms with Crippen LogP contribution in [-0.4, -0.2) is 47.6 Å². The van der Waals surface area contributed by atoms with Crippen LogP contribution in [0.3, 0.4) is 0 Å². The zero-order chi connectivity index (χ0) is 14.6. The summed E-state index contributed by atoms with van der Waals surface area (Å²) in [5, 5.41) is 19.2. The lowest BCUT2D eigenvalue weighted by Gasteiger charge is -2.25. The number of hydrogen-bond donors (Lipinski definition) is 2. The number of halogens is 3. The van der Waals surface area contributed by atoms with Gasteiger partial charge in [0, 0.05) is 19.1 Å². The number of nitrogens with one attached hydrogen (secondary N) is 1. The van der Waals surface area contributed by atoms with Crippen LogP contribution in [0.4, 0.5) is 19.0 Å². The molecule has 0 spiro atoms. The quantitative estimate of drug-likeness (QED) is 0.848. The summed E-state index contributed by atoms with van der Waals surface area (Å²) in [6, 6.07) is 2.47. The summed E-state index contributed by atoms with van der Waals surface area (Å²) in [5.41, 5.74) is -1.01. The predicted octanol–water partition coefficient (Wildman–Crippen LogP) is 1.05. The maximum Gasteiger partial charge on any atom is 0.435 e. The minimum absolute atomic E-state index is 0.0879. The lowest BCUT2D eigenvalue weighted by molar-refractivity contribution is -0.141. The Bertz CT molecular complexity index is 418. The summed E-state index contributed by atoms with van der Waals surface area (Å²) < 4.78 is 37.3. The highest BCUT2D eigenvalue weighted by Gasteiger charge is 2.33. The smallest absolute Gasteiger partial charge is 0.395 e. The Hall–Kier alpha value is -1.41. The van der Waals surface area contributed by atoms with Gasteiger partial charge >= 0.3 is 6.18 Å². The third-order valence-electron chi connectivity index (χ3n) is 3.24. The van der Waals surface area contributed by atoms with Crippen LogP contribution in [-0.2, 0) is 6.18 Å². The third-order valence-corrected chi connectivity index (χ3v) is 3.24. The fraction of sp³-hybridized carbons (Fsp3) is 0.667. The minimum atomic E-state index is -4.49. The maximum atomic E-state index is 12.4. The van der Waals surface area contributed by atoms with Crippen LogP contribution in [0.5, 0.6) is 0 Å². The van der Waals surface area contributed by atoms with Crippen LogP contribution in [0.25, 0.3) is 0 Å². The second kappa shape index (κ2) is 6.36. The molecule has 1 aliphatic rings. The number of aliphatic hydroxyl groups excluding tert-OH is 1. The monoisotopic (exact) mass is 290 g/mol. The van der Waals surface area contributed by atoms with Gasteiger partial charge in [-0.2, -0.15) is 13.2 Å². The Labute approximate surface area is 114 Å². The molecule has 1 atom stereocenters. The van der Waals surface area contributed by atoms with E-state index in [1.807, 2.05) is 0 Å². The standard InChI is InChI=1S/C12H17F3N4O/c13-12(14,15)10-3-4-11(18-17-10)19(6-7-20)8-9-2-1-5-16-9/h3-4,9,16,20H,1-2,5-8H2. The van der Waals surface area contributed by atoms with Crippen molar-refractivity contribution >= 4 is 5.82 Å². The predicted molar refractivity (Wildman–Crippen MR) is 67.4 cm³/mol. The Morgan fingerprint density at radius 2 is 2.15 bits per heavy atom. The highest BCUT2D eigenvalue weighted by Crippen LogP contribution is 2.27. The highest BCUT2D eigenvalue weighted by molar-refractivity contribution is 5.38. The summed E-state index contributed by atoms with van der Waals surface area (Å²) in [7, 11) is 0. The molecule has 0 bridgehead atoms. The molecular formula is C12H17F3N4O. The second-order valence-corrected chi connectivity index (χ2v) is 4.74. The lowest BCUT2D eigenvalue weighted by Crippen LogP contribution is -2.39. The molecule has 1 aromatic heterocycles. The molecule has 0 radical (unpaired) electrons. The molecule has 1 aliphatic heterocycles. The second-order valence-electron chi connectivity index (χ2n) is 4.74. The Morgan fingerprint density at radius 1 is 1.35 bits per heavy atom. The highest BCUT2D eigenvalue weighted by atomic mass is 19.4. The first kappa shape index (κ1) is 15.0. The summed E-state index contributed by atoms with van der Waals surface area (Å²) in [4.78, 5) is 1.75. The van der Waals surface area contributed by atoms with Crippen molar-refractivity contribution in [2.24, 2.45) is 0 Å². The molecule has 8 heteroatoms. The van der Waals surface area contributed by atoms with Gasteiger partial charge in [-0.3, -0.25) is 0 Å². The maximum absolute atomic E-state index is 12.4. The normalized spacial score (nSPS) is 19.3. The molecule has 2 heterocycles. The lowest BCUT2D eigenvalue weighted by atomic mass is 10.2. The van der Waals surface area contributed by atoms with Crippen molar-refractivity contribution in [1.29, 1.82) is 0 Å². The zero-order valence-corrected chi connectivity index (χ0v) is 10.9. The van der Waals surface area contributed by atoms with Crippen molar-refractivity contribution in [3.05, 3.63) is 17.8 Å². The number of aromatic nitrogens is 2. The largest absolute Gasteiger partial charge is 0.435 e. The third kappa shape index (κ3) is 3.80. The van der Waals surface area contributed by atoms with Crippen LogP contribution in [0.2, 0.25) is 0 Å². The molecule has 0 amide bonds. The van der Waals surface area contributed by atoms with Gasteiger partial charge in [-0.1, -0.05) is 0 Å². The van der Waals surface area contributed by atoms with Gasteiger partial charge in [-0.25, -0.2) is 0 Å². The van der Waals surface area contributed by atoms with Crippen LogP contribution >= 0.6 is 0 Å². The zero-order valence-electron chi connectivity index (χ0n) is 10.9. The van der Waals surface area contributed by atoms with E-state index in [2.05, 4.69) is 15.5 Å². The molecule has 0 aromatic carbocycles. The van der Waals surface area contributed by atoms with E-state index in [-0.39, 0.29) is 12.6 Å².